The standard InChI is InChI=1S/C24H21F4N5O/c1-13-7-15-8-18(19(25)9-20(15)32-22(13)30)23(34)33(21-4-2-3-14(21)10-29)12-17-6-5-16(11-31-17)24(26,27)28/h5-9,11,14,21H,2-4,12H2,1H3,(H2,30,32)/t14-,21+/m1/s1. The Morgan fingerprint density at radius 1 is 1.26 bits per heavy atom. The molecular weight excluding hydrogens is 450 g/mol. The Morgan fingerprint density at radius 3 is 2.68 bits per heavy atom. The fourth-order valence-corrected chi connectivity index (χ4v) is 4.30. The molecule has 4 rings (SSSR count). The Kier molecular flexibility index (Phi) is 6.13. The Bertz CT molecular complexity index is 1280. The highest BCUT2D eigenvalue weighted by Gasteiger charge is 2.37. The van der Waals surface area contributed by atoms with Crippen molar-refractivity contribution in [1.82, 2.24) is 14.9 Å². The fraction of sp³-hybridized carbons (Fsp3) is 0.333. The van der Waals surface area contributed by atoms with Gasteiger partial charge in [-0.05, 0) is 56.0 Å². The van der Waals surface area contributed by atoms with Crippen molar-refractivity contribution in [3.05, 3.63) is 64.7 Å². The number of carbonyl (C=O) groups excluding carboxylic acids is 1. The van der Waals surface area contributed by atoms with Gasteiger partial charge in [0.25, 0.3) is 5.91 Å². The molecule has 0 spiro atoms. The summed E-state index contributed by atoms with van der Waals surface area (Å²) in [6.07, 6.45) is -2.03. The zero-order valence-corrected chi connectivity index (χ0v) is 18.2. The topological polar surface area (TPSA) is 95.9 Å². The summed E-state index contributed by atoms with van der Waals surface area (Å²) in [7, 11) is 0. The number of halogens is 4. The van der Waals surface area contributed by atoms with Crippen LogP contribution in [0.5, 0.6) is 0 Å². The van der Waals surface area contributed by atoms with Crippen LogP contribution < -0.4 is 5.73 Å². The lowest BCUT2D eigenvalue weighted by atomic mass is 10.0. The summed E-state index contributed by atoms with van der Waals surface area (Å²) in [5.74, 6) is -1.68. The summed E-state index contributed by atoms with van der Waals surface area (Å²) < 4.78 is 53.7. The normalized spacial score (nSPS) is 18.1. The van der Waals surface area contributed by atoms with Crippen LogP contribution in [-0.2, 0) is 12.7 Å². The quantitative estimate of drug-likeness (QED) is 0.540. The Hall–Kier alpha value is -3.74. The zero-order valence-electron chi connectivity index (χ0n) is 18.2. The number of hydrogen-bond acceptors (Lipinski definition) is 5. The number of aromatic nitrogens is 2. The van der Waals surface area contributed by atoms with Crippen molar-refractivity contribution in [2.45, 2.75) is 44.9 Å². The molecule has 2 atom stereocenters. The maximum Gasteiger partial charge on any atom is 0.417 e. The van der Waals surface area contributed by atoms with E-state index >= 15 is 4.39 Å². The molecule has 1 aromatic carbocycles. The molecule has 0 saturated heterocycles. The number of pyridine rings is 2. The molecule has 1 fully saturated rings. The molecule has 6 nitrogen and oxygen atoms in total. The van der Waals surface area contributed by atoms with Crippen LogP contribution in [-0.4, -0.2) is 26.8 Å². The van der Waals surface area contributed by atoms with Crippen molar-refractivity contribution < 1.29 is 22.4 Å². The van der Waals surface area contributed by atoms with E-state index in [1.54, 1.807) is 13.0 Å². The molecule has 1 aliphatic carbocycles. The van der Waals surface area contributed by atoms with Crippen molar-refractivity contribution in [2.24, 2.45) is 5.92 Å². The van der Waals surface area contributed by atoms with E-state index < -0.39 is 35.4 Å². The van der Waals surface area contributed by atoms with Crippen molar-refractivity contribution in [3.63, 3.8) is 0 Å². The molecule has 34 heavy (non-hydrogen) atoms. The average molecular weight is 471 g/mol. The lowest BCUT2D eigenvalue weighted by molar-refractivity contribution is -0.137. The first kappa shape index (κ1) is 23.4. The minimum Gasteiger partial charge on any atom is -0.383 e. The summed E-state index contributed by atoms with van der Waals surface area (Å²) in [4.78, 5) is 22.9. The highest BCUT2D eigenvalue weighted by atomic mass is 19.4. The van der Waals surface area contributed by atoms with Crippen LogP contribution in [0.2, 0.25) is 0 Å². The number of nitrogens with zero attached hydrogens (tertiary/aromatic N) is 4. The SMILES string of the molecule is Cc1cc2cc(C(=O)N(Cc3ccc(C(F)(F)F)cn3)[C@H]3CCC[C@@H]3C#N)c(F)cc2nc1N. The summed E-state index contributed by atoms with van der Waals surface area (Å²) >= 11 is 0. The molecule has 3 aromatic rings. The number of alkyl halides is 3. The summed E-state index contributed by atoms with van der Waals surface area (Å²) in [5, 5.41) is 10.1. The number of benzene rings is 1. The van der Waals surface area contributed by atoms with E-state index in [2.05, 4.69) is 16.0 Å². The highest BCUT2D eigenvalue weighted by molar-refractivity contribution is 5.98. The molecule has 2 aromatic heterocycles. The van der Waals surface area contributed by atoms with E-state index in [0.717, 1.165) is 12.1 Å². The third-order valence-electron chi connectivity index (χ3n) is 6.15. The number of nitriles is 1. The minimum atomic E-state index is -4.54. The van der Waals surface area contributed by atoms with Crippen LogP contribution in [0.4, 0.5) is 23.4 Å². The van der Waals surface area contributed by atoms with Crippen molar-refractivity contribution >= 4 is 22.6 Å². The number of fused-ring (bicyclic) bond motifs is 1. The third-order valence-corrected chi connectivity index (χ3v) is 6.15. The van der Waals surface area contributed by atoms with Gasteiger partial charge in [0.1, 0.15) is 11.6 Å². The predicted octanol–water partition coefficient (Wildman–Crippen LogP) is 5.01. The number of hydrogen-bond donors (Lipinski definition) is 1. The lowest BCUT2D eigenvalue weighted by Gasteiger charge is -2.31. The number of aryl methyl sites for hydroxylation is 1. The molecular formula is C24H21F4N5O. The maximum absolute atomic E-state index is 15.0. The molecule has 1 saturated carbocycles. The van der Waals surface area contributed by atoms with Gasteiger partial charge in [0.2, 0.25) is 0 Å². The minimum absolute atomic E-state index is 0.156. The number of amides is 1. The van der Waals surface area contributed by atoms with Crippen molar-refractivity contribution in [3.8, 4) is 6.07 Å². The van der Waals surface area contributed by atoms with Crippen LogP contribution in [0.15, 0.2) is 36.5 Å². The van der Waals surface area contributed by atoms with E-state index in [4.69, 9.17) is 5.73 Å². The number of nitrogen functional groups attached to an aromatic ring is 1. The maximum atomic E-state index is 15.0. The molecule has 2 heterocycles. The van der Waals surface area contributed by atoms with Gasteiger partial charge < -0.3 is 10.6 Å². The van der Waals surface area contributed by atoms with Gasteiger partial charge in [-0.2, -0.15) is 18.4 Å². The Labute approximate surface area is 193 Å². The van der Waals surface area contributed by atoms with E-state index in [0.29, 0.717) is 41.9 Å². The van der Waals surface area contributed by atoms with Crippen LogP contribution in [0, 0.1) is 30.0 Å². The van der Waals surface area contributed by atoms with Gasteiger partial charge in [-0.1, -0.05) is 0 Å². The molecule has 10 heteroatoms. The highest BCUT2D eigenvalue weighted by Crippen LogP contribution is 2.33. The monoisotopic (exact) mass is 471 g/mol. The molecule has 0 bridgehead atoms. The van der Waals surface area contributed by atoms with Crippen LogP contribution in [0.3, 0.4) is 0 Å². The van der Waals surface area contributed by atoms with E-state index in [1.165, 1.54) is 17.0 Å². The smallest absolute Gasteiger partial charge is 0.383 e. The zero-order chi connectivity index (χ0) is 24.6. The molecule has 0 aliphatic heterocycles. The molecule has 0 radical (unpaired) electrons. The largest absolute Gasteiger partial charge is 0.417 e. The van der Waals surface area contributed by atoms with Crippen molar-refractivity contribution in [1.29, 1.82) is 5.26 Å². The van der Waals surface area contributed by atoms with Gasteiger partial charge in [-0.25, -0.2) is 9.37 Å². The van der Waals surface area contributed by atoms with E-state index in [1.807, 2.05) is 0 Å². The fourth-order valence-electron chi connectivity index (χ4n) is 4.30. The third kappa shape index (κ3) is 4.51. The van der Waals surface area contributed by atoms with Crippen molar-refractivity contribution in [2.75, 3.05) is 5.73 Å². The van der Waals surface area contributed by atoms with E-state index in [9.17, 15) is 23.2 Å². The molecule has 0 unspecified atom stereocenters. The Morgan fingerprint density at radius 2 is 2.03 bits per heavy atom. The van der Waals surface area contributed by atoms with Gasteiger partial charge in [0, 0.05) is 23.7 Å². The summed E-state index contributed by atoms with van der Waals surface area (Å²) in [6, 6.07) is 7.97. The van der Waals surface area contributed by atoms with E-state index in [-0.39, 0.29) is 23.6 Å². The molecule has 2 N–H and O–H groups in total. The number of carbonyl (C=O) groups is 1. The van der Waals surface area contributed by atoms with Crippen LogP contribution >= 0.6 is 0 Å². The van der Waals surface area contributed by atoms with Gasteiger partial charge >= 0.3 is 6.18 Å². The Balaban J connectivity index is 1.73. The number of rotatable bonds is 4. The second-order valence-corrected chi connectivity index (χ2v) is 8.42. The number of anilines is 1. The molecule has 176 valence electrons. The average Bonchev–Trinajstić information content (AvgIpc) is 3.26. The first-order valence-corrected chi connectivity index (χ1v) is 10.7. The van der Waals surface area contributed by atoms with Gasteiger partial charge in [-0.15, -0.1) is 0 Å². The number of nitrogens with two attached hydrogens (primary N) is 1. The molecule has 1 aliphatic rings. The first-order chi connectivity index (χ1) is 16.1. The summed E-state index contributed by atoms with van der Waals surface area (Å²) in [5.41, 5.74) is 5.85. The first-order valence-electron chi connectivity index (χ1n) is 10.7. The van der Waals surface area contributed by atoms with Gasteiger partial charge in [0.05, 0.1) is 40.9 Å². The lowest BCUT2D eigenvalue weighted by Crippen LogP contribution is -2.42. The second kappa shape index (κ2) is 8.89. The second-order valence-electron chi connectivity index (χ2n) is 8.42. The van der Waals surface area contributed by atoms with Crippen LogP contribution in [0.25, 0.3) is 10.9 Å². The van der Waals surface area contributed by atoms with Crippen LogP contribution in [0.1, 0.15) is 46.4 Å². The summed E-state index contributed by atoms with van der Waals surface area (Å²) in [6.45, 7) is 1.58. The van der Waals surface area contributed by atoms with Gasteiger partial charge in [-0.3, -0.25) is 9.78 Å². The van der Waals surface area contributed by atoms with Gasteiger partial charge in [0.15, 0.2) is 0 Å². The predicted molar refractivity (Wildman–Crippen MR) is 117 cm³/mol. The molecule has 1 amide bonds.